The first-order valence-corrected chi connectivity index (χ1v) is 13.9. The highest BCUT2D eigenvalue weighted by atomic mass is 16.5. The molecule has 0 saturated heterocycles. The van der Waals surface area contributed by atoms with Crippen molar-refractivity contribution >= 4 is 11.6 Å². The summed E-state index contributed by atoms with van der Waals surface area (Å²) in [5, 5.41) is 9.22. The van der Waals surface area contributed by atoms with Gasteiger partial charge in [-0.15, -0.1) is 0 Å². The summed E-state index contributed by atoms with van der Waals surface area (Å²) in [6, 6.07) is 27.6. The monoisotopic (exact) mass is 578 g/mol. The molecule has 9 nitrogen and oxygen atoms in total. The first-order chi connectivity index (χ1) is 20.9. The van der Waals surface area contributed by atoms with Crippen LogP contribution in [0.5, 0.6) is 5.75 Å². The van der Waals surface area contributed by atoms with Crippen LogP contribution < -0.4 is 14.5 Å². The number of hydrogen-bond acceptors (Lipinski definition) is 9. The molecule has 0 saturated carbocycles. The molecule has 9 heteroatoms. The molecule has 2 aromatic heterocycles. The standard InChI is InChI=1S/C21H23N3O2.C13H15N3O/c1-24(2)21-18(13-22-20(23-21)17-9-5-4-6-10-17)15-26-14-16-8-7-11-19(12-16)25-3;1-16(2)13-11(9-17)8-14-12(15-13)10-6-4-3-5-7-10/h4-13H,14-15H2,1-3H3;3-8,17H,9H2,1-2H3. The number of aliphatic hydroxyl groups excluding tert-OH is 1. The molecule has 0 bridgehead atoms. The molecule has 0 aliphatic carbocycles. The highest BCUT2D eigenvalue weighted by Gasteiger charge is 2.12. The highest BCUT2D eigenvalue weighted by Crippen LogP contribution is 2.23. The molecule has 0 spiro atoms. The van der Waals surface area contributed by atoms with Gasteiger partial charge in [0, 0.05) is 62.8 Å². The van der Waals surface area contributed by atoms with E-state index in [9.17, 15) is 5.11 Å². The van der Waals surface area contributed by atoms with Gasteiger partial charge in [-0.1, -0.05) is 72.8 Å². The van der Waals surface area contributed by atoms with Crippen molar-refractivity contribution in [3.8, 4) is 28.5 Å². The smallest absolute Gasteiger partial charge is 0.161 e. The van der Waals surface area contributed by atoms with E-state index in [0.717, 1.165) is 45.2 Å². The second-order valence-electron chi connectivity index (χ2n) is 10.1. The van der Waals surface area contributed by atoms with Crippen LogP contribution >= 0.6 is 0 Å². The van der Waals surface area contributed by atoms with Crippen molar-refractivity contribution in [3.63, 3.8) is 0 Å². The Kier molecular flexibility index (Phi) is 11.1. The molecule has 222 valence electrons. The fourth-order valence-corrected chi connectivity index (χ4v) is 4.28. The van der Waals surface area contributed by atoms with Crippen LogP contribution in [0.25, 0.3) is 22.8 Å². The lowest BCUT2D eigenvalue weighted by atomic mass is 10.2. The van der Waals surface area contributed by atoms with Crippen molar-refractivity contribution in [3.05, 3.63) is 114 Å². The van der Waals surface area contributed by atoms with E-state index >= 15 is 0 Å². The number of aliphatic hydroxyl groups is 1. The summed E-state index contributed by atoms with van der Waals surface area (Å²) >= 11 is 0. The van der Waals surface area contributed by atoms with Crippen molar-refractivity contribution in [2.45, 2.75) is 19.8 Å². The number of anilines is 2. The molecule has 0 unspecified atom stereocenters. The molecule has 0 fully saturated rings. The van der Waals surface area contributed by atoms with Gasteiger partial charge in [0.2, 0.25) is 0 Å². The predicted molar refractivity (Wildman–Crippen MR) is 171 cm³/mol. The maximum atomic E-state index is 9.22. The second-order valence-corrected chi connectivity index (χ2v) is 10.1. The van der Waals surface area contributed by atoms with Gasteiger partial charge in [0.05, 0.1) is 26.9 Å². The Hall–Kier alpha value is -4.86. The lowest BCUT2D eigenvalue weighted by Gasteiger charge is -2.17. The Morgan fingerprint density at radius 3 is 1.70 bits per heavy atom. The number of hydrogen-bond donors (Lipinski definition) is 1. The topological polar surface area (TPSA) is 96.7 Å². The lowest BCUT2D eigenvalue weighted by Crippen LogP contribution is -2.15. The highest BCUT2D eigenvalue weighted by molar-refractivity contribution is 5.59. The van der Waals surface area contributed by atoms with Gasteiger partial charge in [-0.05, 0) is 17.7 Å². The molecular weight excluding hydrogens is 540 g/mol. The second kappa shape index (κ2) is 15.4. The predicted octanol–water partition coefficient (Wildman–Crippen LogP) is 5.64. The molecule has 5 aromatic rings. The first kappa shape index (κ1) is 31.1. The maximum Gasteiger partial charge on any atom is 0.161 e. The largest absolute Gasteiger partial charge is 0.497 e. The van der Waals surface area contributed by atoms with Gasteiger partial charge in [-0.3, -0.25) is 0 Å². The number of rotatable bonds is 10. The first-order valence-electron chi connectivity index (χ1n) is 13.9. The molecule has 3 aromatic carbocycles. The normalized spacial score (nSPS) is 10.5. The molecule has 0 atom stereocenters. The number of nitrogens with zero attached hydrogens (tertiary/aromatic N) is 6. The zero-order valence-electron chi connectivity index (χ0n) is 25.3. The zero-order valence-corrected chi connectivity index (χ0v) is 25.3. The molecule has 1 N–H and O–H groups in total. The van der Waals surface area contributed by atoms with Crippen LogP contribution in [0.3, 0.4) is 0 Å². The zero-order chi connectivity index (χ0) is 30.6. The molecule has 2 heterocycles. The third kappa shape index (κ3) is 8.57. The van der Waals surface area contributed by atoms with Crippen LogP contribution in [0.4, 0.5) is 11.6 Å². The van der Waals surface area contributed by atoms with E-state index in [4.69, 9.17) is 14.5 Å². The molecule has 0 amide bonds. The van der Waals surface area contributed by atoms with Gasteiger partial charge in [0.15, 0.2) is 11.6 Å². The van der Waals surface area contributed by atoms with Crippen LogP contribution in [0, 0.1) is 0 Å². The number of aromatic nitrogens is 4. The summed E-state index contributed by atoms with van der Waals surface area (Å²) < 4.78 is 11.1. The summed E-state index contributed by atoms with van der Waals surface area (Å²) in [6.45, 7) is 0.896. The van der Waals surface area contributed by atoms with Gasteiger partial charge >= 0.3 is 0 Å². The third-order valence-electron chi connectivity index (χ3n) is 6.43. The summed E-state index contributed by atoms with van der Waals surface area (Å²) in [7, 11) is 9.41. The minimum atomic E-state index is -0.0530. The van der Waals surface area contributed by atoms with Crippen LogP contribution in [0.2, 0.25) is 0 Å². The Morgan fingerprint density at radius 1 is 0.651 bits per heavy atom. The Balaban J connectivity index is 0.000000215. The molecule has 0 aliphatic heterocycles. The van der Waals surface area contributed by atoms with Crippen molar-refractivity contribution in [2.75, 3.05) is 45.1 Å². The minimum Gasteiger partial charge on any atom is -0.497 e. The van der Waals surface area contributed by atoms with E-state index in [0.29, 0.717) is 24.9 Å². The summed E-state index contributed by atoms with van der Waals surface area (Å²) in [4.78, 5) is 21.8. The van der Waals surface area contributed by atoms with E-state index in [-0.39, 0.29) is 6.61 Å². The number of methoxy groups -OCH3 is 1. The van der Waals surface area contributed by atoms with Gasteiger partial charge in [-0.2, -0.15) is 0 Å². The molecule has 43 heavy (non-hydrogen) atoms. The summed E-state index contributed by atoms with van der Waals surface area (Å²) in [5.74, 6) is 3.83. The summed E-state index contributed by atoms with van der Waals surface area (Å²) in [6.07, 6.45) is 3.51. The van der Waals surface area contributed by atoms with E-state index in [2.05, 4.69) is 15.0 Å². The maximum absolute atomic E-state index is 9.22. The van der Waals surface area contributed by atoms with Crippen LogP contribution in [-0.2, 0) is 24.6 Å². The molecular formula is C34H38N6O3. The Bertz CT molecular complexity index is 1580. The van der Waals surface area contributed by atoms with Crippen molar-refractivity contribution in [2.24, 2.45) is 0 Å². The van der Waals surface area contributed by atoms with Crippen LogP contribution in [-0.4, -0.2) is 60.3 Å². The Labute approximate surface area is 253 Å². The average Bonchev–Trinajstić information content (AvgIpc) is 3.05. The van der Waals surface area contributed by atoms with Gasteiger partial charge in [0.25, 0.3) is 0 Å². The molecule has 5 rings (SSSR count). The Morgan fingerprint density at radius 2 is 1.19 bits per heavy atom. The minimum absolute atomic E-state index is 0.0530. The van der Waals surface area contributed by atoms with Gasteiger partial charge in [-0.25, -0.2) is 19.9 Å². The third-order valence-corrected chi connectivity index (χ3v) is 6.43. The van der Waals surface area contributed by atoms with Crippen LogP contribution in [0.1, 0.15) is 16.7 Å². The number of benzene rings is 3. The van der Waals surface area contributed by atoms with Crippen molar-refractivity contribution in [1.82, 2.24) is 19.9 Å². The van der Waals surface area contributed by atoms with E-state index in [1.54, 1.807) is 13.3 Å². The van der Waals surface area contributed by atoms with E-state index in [1.165, 1.54) is 0 Å². The lowest BCUT2D eigenvalue weighted by molar-refractivity contribution is 0.107. The fourth-order valence-electron chi connectivity index (χ4n) is 4.28. The van der Waals surface area contributed by atoms with Gasteiger partial charge < -0.3 is 24.4 Å². The summed E-state index contributed by atoms with van der Waals surface area (Å²) in [5.41, 5.74) is 4.73. The van der Waals surface area contributed by atoms with E-state index in [1.807, 2.05) is 129 Å². The van der Waals surface area contributed by atoms with Crippen molar-refractivity contribution < 1.29 is 14.6 Å². The quantitative estimate of drug-likeness (QED) is 0.226. The van der Waals surface area contributed by atoms with Crippen molar-refractivity contribution in [1.29, 1.82) is 0 Å². The van der Waals surface area contributed by atoms with E-state index < -0.39 is 0 Å². The SMILES string of the molecule is CN(C)c1nc(-c2ccccc2)ncc1CO.COc1cccc(COCc2cnc(-c3ccccc3)nc2N(C)C)c1. The number of ether oxygens (including phenoxy) is 2. The molecule has 0 radical (unpaired) electrons. The fraction of sp³-hybridized carbons (Fsp3) is 0.235. The average molecular weight is 579 g/mol. The van der Waals surface area contributed by atoms with Crippen LogP contribution in [0.15, 0.2) is 97.3 Å². The van der Waals surface area contributed by atoms with Gasteiger partial charge in [0.1, 0.15) is 17.4 Å². The molecule has 0 aliphatic rings.